The molecule has 0 saturated carbocycles. The van der Waals surface area contributed by atoms with Gasteiger partial charge in [-0.1, -0.05) is 0 Å². The standard InChI is InChI=1S/C2H5NO2/c1-2(4)3-5/h3H2,1H3. The van der Waals surface area contributed by atoms with E-state index in [0.717, 1.165) is 0 Å². The number of primary amides is 1. The Morgan fingerprint density at radius 2 is 2.20 bits per heavy atom. The van der Waals surface area contributed by atoms with Crippen LogP contribution in [0.25, 0.3) is 0 Å². The lowest BCUT2D eigenvalue weighted by molar-refractivity contribution is -0.498. The van der Waals surface area contributed by atoms with Crippen LogP contribution in [0.3, 0.4) is 0 Å². The first-order chi connectivity index (χ1) is 2.27. The molecule has 0 aliphatic rings. The van der Waals surface area contributed by atoms with Crippen LogP contribution >= 0.6 is 0 Å². The van der Waals surface area contributed by atoms with Crippen LogP contribution in [0.15, 0.2) is 0 Å². The van der Waals surface area contributed by atoms with Gasteiger partial charge in [-0.3, -0.25) is 0 Å². The second kappa shape index (κ2) is 1.87. The van der Waals surface area contributed by atoms with Gasteiger partial charge >= 0.3 is 5.91 Å². The van der Waals surface area contributed by atoms with Gasteiger partial charge in [-0.2, -0.15) is 0 Å². The fourth-order valence-corrected chi connectivity index (χ4v) is 0. The largest absolute Gasteiger partial charge is 0.628 e. The topological polar surface area (TPSA) is 56.7 Å². The summed E-state index contributed by atoms with van der Waals surface area (Å²) in [5.74, 6) is -0.426. The van der Waals surface area contributed by atoms with Gasteiger partial charge in [0.25, 0.3) is 0 Å². The van der Waals surface area contributed by atoms with Gasteiger partial charge in [0.15, 0.2) is 0 Å². The average molecular weight is 75.1 g/mol. The van der Waals surface area contributed by atoms with Crippen molar-refractivity contribution in [3.05, 3.63) is 5.21 Å². The summed E-state index contributed by atoms with van der Waals surface area (Å²) in [6.45, 7) is 1.22. The maximum atomic E-state index is 9.44. The summed E-state index contributed by atoms with van der Waals surface area (Å²) in [5.41, 5.74) is 0.278. The molecule has 3 heteroatoms. The molecule has 0 rings (SSSR count). The molecule has 0 aromatic rings. The highest BCUT2D eigenvalue weighted by atomic mass is 16.5. The highest BCUT2D eigenvalue weighted by Gasteiger charge is 1.75. The van der Waals surface area contributed by atoms with Crippen LogP contribution in [0.5, 0.6) is 0 Å². The zero-order chi connectivity index (χ0) is 4.28. The molecule has 3 nitrogen and oxygen atoms in total. The molecule has 0 saturated heterocycles. The molecule has 2 N–H and O–H groups in total. The summed E-state index contributed by atoms with van der Waals surface area (Å²) in [5, 5.41) is 9.16. The Hall–Kier alpha value is -0.410. The van der Waals surface area contributed by atoms with Gasteiger partial charge in [0, 0.05) is 0 Å². The molecule has 0 aliphatic carbocycles. The van der Waals surface area contributed by atoms with Crippen LogP contribution in [-0.2, 0) is 4.79 Å². The molecule has 0 aromatic heterocycles. The van der Waals surface area contributed by atoms with Crippen LogP contribution in [-0.4, -0.2) is 5.91 Å². The minimum atomic E-state index is -0.426. The number of nitrogens with two attached hydrogens (primary N) is 1. The Kier molecular flexibility index (Phi) is 1.72. The maximum Gasteiger partial charge on any atom is 0.307 e. The summed E-state index contributed by atoms with van der Waals surface area (Å²) < 4.78 is 0. The maximum absolute atomic E-state index is 9.44. The molecule has 0 aliphatic heterocycles. The third kappa shape index (κ3) is 3.59. The third-order valence-electron chi connectivity index (χ3n) is 0.166. The van der Waals surface area contributed by atoms with Crippen molar-refractivity contribution < 1.29 is 10.3 Å². The number of hydrogen-bond donors (Lipinski definition) is 1. The van der Waals surface area contributed by atoms with E-state index < -0.39 is 5.91 Å². The van der Waals surface area contributed by atoms with Gasteiger partial charge in [0.2, 0.25) is 0 Å². The van der Waals surface area contributed by atoms with Crippen molar-refractivity contribution in [3.63, 3.8) is 0 Å². The third-order valence-corrected chi connectivity index (χ3v) is 0.166. The minimum absolute atomic E-state index is 0.278. The number of carbonyl (C=O) groups excluding carboxylic acids is 1. The van der Waals surface area contributed by atoms with Crippen molar-refractivity contribution in [2.75, 3.05) is 0 Å². The fraction of sp³-hybridized carbons (Fsp3) is 0.500. The highest BCUT2D eigenvalue weighted by molar-refractivity contribution is 5.61. The number of hydroxylamine groups is 1. The van der Waals surface area contributed by atoms with E-state index in [2.05, 4.69) is 0 Å². The Morgan fingerprint density at radius 3 is 2.20 bits per heavy atom. The Balaban J connectivity index is 2.85. The first-order valence-corrected chi connectivity index (χ1v) is 1.23. The average Bonchev–Trinajstić information content (AvgIpc) is 1.38. The van der Waals surface area contributed by atoms with Crippen LogP contribution in [0, 0.1) is 5.21 Å². The molecule has 0 atom stereocenters. The van der Waals surface area contributed by atoms with Crippen molar-refractivity contribution in [1.29, 1.82) is 0 Å². The molecule has 0 bridgehead atoms. The second-order valence-electron chi connectivity index (χ2n) is 0.729. The first kappa shape index (κ1) is 4.59. The Bertz CT molecular complexity index is 42.9. The monoisotopic (exact) mass is 75.0 g/mol. The van der Waals surface area contributed by atoms with Crippen LogP contribution in [0.2, 0.25) is 0 Å². The number of quaternary nitrogens is 1. The summed E-state index contributed by atoms with van der Waals surface area (Å²) in [7, 11) is 0. The molecule has 1 amide bonds. The predicted octanol–water partition coefficient (Wildman–Crippen LogP) is -1.41. The molecule has 0 spiro atoms. The summed E-state index contributed by atoms with van der Waals surface area (Å²) in [6, 6.07) is 0. The molecule has 0 fully saturated rings. The van der Waals surface area contributed by atoms with E-state index in [-0.39, 0.29) is 5.48 Å². The Labute approximate surface area is 29.6 Å². The number of hydrogen-bond acceptors (Lipinski definition) is 2. The fourth-order valence-electron chi connectivity index (χ4n) is 0. The van der Waals surface area contributed by atoms with Gasteiger partial charge in [-0.25, -0.2) is 4.79 Å². The van der Waals surface area contributed by atoms with E-state index in [0.29, 0.717) is 0 Å². The molecule has 0 radical (unpaired) electrons. The lowest BCUT2D eigenvalue weighted by atomic mass is 10.8. The highest BCUT2D eigenvalue weighted by Crippen LogP contribution is 1.32. The van der Waals surface area contributed by atoms with Crippen LogP contribution in [0.1, 0.15) is 6.92 Å². The van der Waals surface area contributed by atoms with Crippen LogP contribution < -0.4 is 5.48 Å². The molecular formula is C2H5NO2. The van der Waals surface area contributed by atoms with Gasteiger partial charge in [0.05, 0.1) is 6.92 Å². The molecule has 0 unspecified atom stereocenters. The molecule has 5 heavy (non-hydrogen) atoms. The zero-order valence-corrected chi connectivity index (χ0v) is 2.89. The van der Waals surface area contributed by atoms with Crippen molar-refractivity contribution in [2.24, 2.45) is 0 Å². The van der Waals surface area contributed by atoms with Crippen molar-refractivity contribution >= 4 is 5.91 Å². The molecule has 30 valence electrons. The predicted molar refractivity (Wildman–Crippen MR) is 16.0 cm³/mol. The lowest BCUT2D eigenvalue weighted by Gasteiger charge is -1.87. The molecule has 0 heterocycles. The first-order valence-electron chi connectivity index (χ1n) is 1.23. The van der Waals surface area contributed by atoms with Gasteiger partial charge in [0.1, 0.15) is 0 Å². The number of carbonyl (C=O) groups is 1. The molecule has 0 aromatic carbocycles. The van der Waals surface area contributed by atoms with Gasteiger partial charge < -0.3 is 10.7 Å². The number of amides is 1. The second-order valence-corrected chi connectivity index (χ2v) is 0.729. The Morgan fingerprint density at radius 1 is 2.00 bits per heavy atom. The van der Waals surface area contributed by atoms with Gasteiger partial charge in [-0.15, -0.1) is 0 Å². The van der Waals surface area contributed by atoms with Crippen molar-refractivity contribution in [1.82, 2.24) is 0 Å². The number of rotatable bonds is 0. The van der Waals surface area contributed by atoms with E-state index in [1.165, 1.54) is 6.92 Å². The minimum Gasteiger partial charge on any atom is -0.628 e. The molecular weight excluding hydrogens is 70.0 g/mol. The van der Waals surface area contributed by atoms with Gasteiger partial charge in [-0.05, 0) is 0 Å². The van der Waals surface area contributed by atoms with Crippen LogP contribution in [0.4, 0.5) is 0 Å². The van der Waals surface area contributed by atoms with E-state index in [1.807, 2.05) is 0 Å². The van der Waals surface area contributed by atoms with Crippen molar-refractivity contribution in [3.8, 4) is 0 Å². The smallest absolute Gasteiger partial charge is 0.307 e. The SMILES string of the molecule is CC(=O)[NH2+][O-]. The lowest BCUT2D eigenvalue weighted by Crippen LogP contribution is -2.80. The van der Waals surface area contributed by atoms with Crippen molar-refractivity contribution in [2.45, 2.75) is 6.92 Å². The normalized spacial score (nSPS) is 7.60. The van der Waals surface area contributed by atoms with E-state index in [4.69, 9.17) is 5.21 Å². The summed E-state index contributed by atoms with van der Waals surface area (Å²) in [6.07, 6.45) is 0. The van der Waals surface area contributed by atoms with E-state index in [1.54, 1.807) is 0 Å². The van der Waals surface area contributed by atoms with E-state index >= 15 is 0 Å². The summed E-state index contributed by atoms with van der Waals surface area (Å²) in [4.78, 5) is 9.44. The van der Waals surface area contributed by atoms with E-state index in [9.17, 15) is 4.79 Å². The zero-order valence-electron chi connectivity index (χ0n) is 2.89. The quantitative estimate of drug-likeness (QED) is 0.360. The summed E-state index contributed by atoms with van der Waals surface area (Å²) >= 11 is 0.